The minimum absolute atomic E-state index is 0.0409. The van der Waals surface area contributed by atoms with Gasteiger partial charge < -0.3 is 15.0 Å². The fraction of sp³-hybridized carbons (Fsp3) is 0.550. The number of anilines is 2. The summed E-state index contributed by atoms with van der Waals surface area (Å²) in [4.78, 5) is 14.8. The van der Waals surface area contributed by atoms with Crippen molar-refractivity contribution < 1.29 is 9.53 Å². The molecule has 0 saturated carbocycles. The summed E-state index contributed by atoms with van der Waals surface area (Å²) in [6.07, 6.45) is 0. The average molecular weight is 404 g/mol. The van der Waals surface area contributed by atoms with E-state index < -0.39 is 0 Å². The molecule has 7 nitrogen and oxygen atoms in total. The summed E-state index contributed by atoms with van der Waals surface area (Å²) in [6.45, 7) is 12.1. The minimum Gasteiger partial charge on any atom is -0.378 e. The van der Waals surface area contributed by atoms with Gasteiger partial charge in [0.25, 0.3) is 0 Å². The molecule has 1 N–H and O–H groups in total. The van der Waals surface area contributed by atoms with Crippen LogP contribution in [-0.4, -0.2) is 52.2 Å². The van der Waals surface area contributed by atoms with E-state index in [-0.39, 0.29) is 11.2 Å². The van der Waals surface area contributed by atoms with Gasteiger partial charge in [0.05, 0.1) is 18.5 Å². The van der Waals surface area contributed by atoms with Gasteiger partial charge in [0.15, 0.2) is 5.16 Å². The fourth-order valence-corrected chi connectivity index (χ4v) is 3.96. The number of carbonyl (C=O) groups excluding carboxylic acids is 1. The number of benzene rings is 1. The number of ether oxygens (including phenoxy) is 1. The summed E-state index contributed by atoms with van der Waals surface area (Å²) in [7, 11) is 0. The second-order valence-electron chi connectivity index (χ2n) is 7.15. The Morgan fingerprint density at radius 3 is 2.46 bits per heavy atom. The van der Waals surface area contributed by atoms with Crippen LogP contribution in [0.2, 0.25) is 0 Å². The largest absolute Gasteiger partial charge is 0.378 e. The van der Waals surface area contributed by atoms with Gasteiger partial charge in [-0.1, -0.05) is 37.7 Å². The average Bonchev–Trinajstić information content (AvgIpc) is 3.11. The van der Waals surface area contributed by atoms with E-state index in [4.69, 9.17) is 4.74 Å². The molecule has 28 heavy (non-hydrogen) atoms. The molecule has 1 fully saturated rings. The van der Waals surface area contributed by atoms with Crippen LogP contribution in [0, 0.1) is 0 Å². The van der Waals surface area contributed by atoms with E-state index in [9.17, 15) is 4.79 Å². The maximum Gasteiger partial charge on any atom is 0.237 e. The third-order valence-electron chi connectivity index (χ3n) is 4.80. The van der Waals surface area contributed by atoms with Crippen molar-refractivity contribution in [3.8, 4) is 0 Å². The molecule has 1 atom stereocenters. The molecule has 0 aliphatic carbocycles. The van der Waals surface area contributed by atoms with Crippen LogP contribution in [0.4, 0.5) is 11.6 Å². The molecule has 2 aromatic rings. The van der Waals surface area contributed by atoms with Gasteiger partial charge in [-0.2, -0.15) is 0 Å². The highest BCUT2D eigenvalue weighted by molar-refractivity contribution is 8.00. The molecule has 1 amide bonds. The van der Waals surface area contributed by atoms with Crippen molar-refractivity contribution in [1.82, 2.24) is 14.8 Å². The van der Waals surface area contributed by atoms with Gasteiger partial charge in [0, 0.05) is 25.3 Å². The molecule has 0 spiro atoms. The van der Waals surface area contributed by atoms with Gasteiger partial charge in [0.2, 0.25) is 11.9 Å². The quantitative estimate of drug-likeness (QED) is 0.715. The van der Waals surface area contributed by atoms with Crippen molar-refractivity contribution in [2.75, 3.05) is 36.5 Å². The molecule has 0 radical (unpaired) electrons. The Morgan fingerprint density at radius 2 is 1.86 bits per heavy atom. The molecule has 0 bridgehead atoms. The molecule has 3 rings (SSSR count). The first kappa shape index (κ1) is 20.7. The first-order chi connectivity index (χ1) is 13.5. The van der Waals surface area contributed by atoms with Gasteiger partial charge in [-0.05, 0) is 37.5 Å². The van der Waals surface area contributed by atoms with Crippen LogP contribution in [-0.2, 0) is 16.1 Å². The van der Waals surface area contributed by atoms with Crippen LogP contribution in [0.1, 0.15) is 39.2 Å². The highest BCUT2D eigenvalue weighted by Gasteiger charge is 2.23. The van der Waals surface area contributed by atoms with Crippen LogP contribution in [0.3, 0.4) is 0 Å². The summed E-state index contributed by atoms with van der Waals surface area (Å²) in [6, 6.07) is 8.02. The van der Waals surface area contributed by atoms with Gasteiger partial charge in [-0.15, -0.1) is 10.2 Å². The highest BCUT2D eigenvalue weighted by atomic mass is 32.2. The molecule has 1 aromatic heterocycles. The summed E-state index contributed by atoms with van der Waals surface area (Å²) >= 11 is 1.43. The van der Waals surface area contributed by atoms with Crippen molar-refractivity contribution in [2.24, 2.45) is 0 Å². The van der Waals surface area contributed by atoms with Crippen molar-refractivity contribution >= 4 is 29.3 Å². The number of amides is 1. The lowest BCUT2D eigenvalue weighted by Gasteiger charge is -2.27. The Labute approximate surface area is 170 Å². The Hall–Kier alpha value is -2.06. The predicted molar refractivity (Wildman–Crippen MR) is 113 cm³/mol. The lowest BCUT2D eigenvalue weighted by molar-refractivity contribution is -0.115. The molecule has 1 saturated heterocycles. The number of nitrogens with one attached hydrogen (secondary N) is 1. The van der Waals surface area contributed by atoms with Crippen molar-refractivity contribution in [3.05, 3.63) is 29.8 Å². The number of nitrogens with zero attached hydrogens (tertiary/aromatic N) is 4. The number of hydrogen-bond acceptors (Lipinski definition) is 6. The van der Waals surface area contributed by atoms with E-state index in [1.807, 2.05) is 19.1 Å². The SMILES string of the molecule is CCn1c(S[C@@H](C)C(=O)Nc2ccc(C(C)C)cc2)nnc1N1CCOCC1. The van der Waals surface area contributed by atoms with E-state index in [0.29, 0.717) is 19.1 Å². The Kier molecular flexibility index (Phi) is 6.96. The third kappa shape index (κ3) is 4.86. The minimum atomic E-state index is -0.281. The lowest BCUT2D eigenvalue weighted by atomic mass is 10.0. The van der Waals surface area contributed by atoms with Crippen molar-refractivity contribution in [2.45, 2.75) is 50.6 Å². The van der Waals surface area contributed by atoms with Crippen molar-refractivity contribution in [1.29, 1.82) is 0 Å². The molecule has 2 heterocycles. The highest BCUT2D eigenvalue weighted by Crippen LogP contribution is 2.27. The van der Waals surface area contributed by atoms with E-state index in [0.717, 1.165) is 36.4 Å². The van der Waals surface area contributed by atoms with E-state index >= 15 is 0 Å². The molecule has 1 aliphatic heterocycles. The maximum atomic E-state index is 12.6. The first-order valence-electron chi connectivity index (χ1n) is 9.83. The predicted octanol–water partition coefficient (Wildman–Crippen LogP) is 3.38. The fourth-order valence-electron chi connectivity index (χ4n) is 3.05. The zero-order chi connectivity index (χ0) is 20.1. The van der Waals surface area contributed by atoms with Gasteiger partial charge in [-0.3, -0.25) is 9.36 Å². The van der Waals surface area contributed by atoms with Gasteiger partial charge >= 0.3 is 0 Å². The van der Waals surface area contributed by atoms with Crippen LogP contribution in [0.15, 0.2) is 29.4 Å². The number of morpholine rings is 1. The molecule has 152 valence electrons. The summed E-state index contributed by atoms with van der Waals surface area (Å²) in [5.41, 5.74) is 2.07. The Bertz CT molecular complexity index is 784. The van der Waals surface area contributed by atoms with Gasteiger partial charge in [-0.25, -0.2) is 0 Å². The normalized spacial score (nSPS) is 15.7. The lowest BCUT2D eigenvalue weighted by Crippen LogP contribution is -2.38. The number of thioether (sulfide) groups is 1. The van der Waals surface area contributed by atoms with Crippen LogP contribution in [0.25, 0.3) is 0 Å². The first-order valence-corrected chi connectivity index (χ1v) is 10.7. The Morgan fingerprint density at radius 1 is 1.18 bits per heavy atom. The molecule has 1 aliphatic rings. The van der Waals surface area contributed by atoms with Crippen LogP contribution >= 0.6 is 11.8 Å². The van der Waals surface area contributed by atoms with Crippen molar-refractivity contribution in [3.63, 3.8) is 0 Å². The molecule has 1 aromatic carbocycles. The Balaban J connectivity index is 1.64. The van der Waals surface area contributed by atoms with E-state index in [2.05, 4.69) is 57.9 Å². The number of carbonyl (C=O) groups is 1. The monoisotopic (exact) mass is 403 g/mol. The summed E-state index contributed by atoms with van der Waals surface area (Å²) in [5, 5.41) is 12.2. The smallest absolute Gasteiger partial charge is 0.237 e. The molecular weight excluding hydrogens is 374 g/mol. The summed E-state index contributed by atoms with van der Waals surface area (Å²) in [5.74, 6) is 1.28. The summed E-state index contributed by atoms with van der Waals surface area (Å²) < 4.78 is 7.48. The molecule has 8 heteroatoms. The topological polar surface area (TPSA) is 72.3 Å². The number of rotatable bonds is 7. The standard InChI is InChI=1S/C20H29N5O2S/c1-5-25-19(24-10-12-27-13-11-24)22-23-20(25)28-15(4)18(26)21-17-8-6-16(7-9-17)14(2)3/h6-9,14-15H,5,10-13H2,1-4H3,(H,21,26)/t15-/m0/s1. The second kappa shape index (κ2) is 9.43. The maximum absolute atomic E-state index is 12.6. The van der Waals surface area contributed by atoms with E-state index in [1.165, 1.54) is 17.3 Å². The second-order valence-corrected chi connectivity index (χ2v) is 8.46. The van der Waals surface area contributed by atoms with Crippen LogP contribution in [0.5, 0.6) is 0 Å². The number of aromatic nitrogens is 3. The zero-order valence-corrected chi connectivity index (χ0v) is 17.8. The van der Waals surface area contributed by atoms with Gasteiger partial charge in [0.1, 0.15) is 0 Å². The number of hydrogen-bond donors (Lipinski definition) is 1. The third-order valence-corrected chi connectivity index (χ3v) is 5.88. The molecular formula is C20H29N5O2S. The van der Waals surface area contributed by atoms with Crippen LogP contribution < -0.4 is 10.2 Å². The van der Waals surface area contributed by atoms with E-state index in [1.54, 1.807) is 0 Å². The molecule has 0 unspecified atom stereocenters. The zero-order valence-electron chi connectivity index (χ0n) is 17.0.